The van der Waals surface area contributed by atoms with Crippen LogP contribution in [0, 0.1) is 0 Å². The number of carbonyl (C=O) groups is 4. The van der Waals surface area contributed by atoms with Crippen molar-refractivity contribution in [1.82, 2.24) is 16.0 Å². The van der Waals surface area contributed by atoms with E-state index in [-0.39, 0.29) is 6.41 Å². The smallest absolute Gasteiger partial charge is 0.217 e. The minimum atomic E-state index is -3.30. The number of ether oxygens (including phenoxy) is 10. The Hall–Kier alpha value is -3.16. The molecule has 19 N–H and O–H groups in total. The second-order valence-corrected chi connectivity index (χ2v) is 18.3. The monoisotopic (exact) mass is 1100 g/mol. The number of aliphatic hydroxyl groups excluding tert-OH is 16. The zero-order valence-electron chi connectivity index (χ0n) is 40.0. The highest BCUT2D eigenvalue weighted by Crippen LogP contribution is 2.39. The van der Waals surface area contributed by atoms with Crippen molar-refractivity contribution in [2.45, 2.75) is 185 Å². The van der Waals surface area contributed by atoms with E-state index in [0.29, 0.717) is 0 Å². The molecule has 5 heterocycles. The molecule has 0 aliphatic carbocycles. The molecular formula is C41H68N3O31-. The highest BCUT2D eigenvalue weighted by Gasteiger charge is 2.59. The van der Waals surface area contributed by atoms with Crippen LogP contribution in [0.1, 0.15) is 20.3 Å². The largest absolute Gasteiger partial charge is 0.544 e. The minimum Gasteiger partial charge on any atom is -0.544 e. The predicted molar refractivity (Wildman–Crippen MR) is 228 cm³/mol. The van der Waals surface area contributed by atoms with E-state index in [1.54, 1.807) is 0 Å². The molecule has 0 radical (unpaired) electrons. The van der Waals surface area contributed by atoms with Crippen LogP contribution in [-0.4, -0.2) is 317 Å². The van der Waals surface area contributed by atoms with E-state index in [4.69, 9.17) is 47.4 Å². The van der Waals surface area contributed by atoms with Gasteiger partial charge in [-0.25, -0.2) is 0 Å². The van der Waals surface area contributed by atoms with E-state index < -0.39 is 236 Å². The fourth-order valence-corrected chi connectivity index (χ4v) is 9.11. The number of carbonyl (C=O) groups excluding carboxylic acids is 4. The van der Waals surface area contributed by atoms with Crippen LogP contribution in [0.25, 0.3) is 0 Å². The average molecular weight is 1100 g/mol. The van der Waals surface area contributed by atoms with E-state index in [9.17, 15) is 106 Å². The van der Waals surface area contributed by atoms with Crippen molar-refractivity contribution in [3.63, 3.8) is 0 Å². The normalized spacial score (nSPS) is 43.7. The predicted octanol–water partition coefficient (Wildman–Crippen LogP) is -14.6. The van der Waals surface area contributed by atoms with Crippen molar-refractivity contribution >= 4 is 24.2 Å². The molecule has 0 bridgehead atoms. The Morgan fingerprint density at radius 3 is 1.57 bits per heavy atom. The van der Waals surface area contributed by atoms with Crippen molar-refractivity contribution in [1.29, 1.82) is 0 Å². The lowest BCUT2D eigenvalue weighted by Crippen LogP contribution is -2.73. The summed E-state index contributed by atoms with van der Waals surface area (Å²) >= 11 is 0. The third kappa shape index (κ3) is 14.2. The molecule has 434 valence electrons. The minimum absolute atomic E-state index is 0.271. The summed E-state index contributed by atoms with van der Waals surface area (Å²) in [6.45, 7) is -4.49. The van der Waals surface area contributed by atoms with Gasteiger partial charge in [0.2, 0.25) is 24.0 Å². The van der Waals surface area contributed by atoms with Gasteiger partial charge >= 0.3 is 0 Å². The highest BCUT2D eigenvalue weighted by atomic mass is 16.8. The number of hydrogen-bond acceptors (Lipinski definition) is 31. The summed E-state index contributed by atoms with van der Waals surface area (Å²) in [5.41, 5.74) is 0. The fraction of sp³-hybridized carbons (Fsp3) is 0.902. The maximum Gasteiger partial charge on any atom is 0.217 e. The lowest BCUT2D eigenvalue weighted by molar-refractivity contribution is -0.406. The Labute approximate surface area is 424 Å². The molecule has 34 heteroatoms. The number of nitrogens with one attached hydrogen (secondary N) is 3. The standard InChI is InChI=1S/C41H69N3O31/c1-12(52)43-21-15(54)3-41(40(64)65,74-33(21)23(56)16(55)5-46)75-34-22(44-13(2)53)36(67-17(6-47)24(34)57)73-35-25(58)18(7-48)68-39(30(35)63)72-32-20(9-50)70-38(29(62)27(32)60)71-31-19(8-49)69-37(28(61)26(31)59)66-10-14(4-45)42-11-51/h11,14-39,45-50,54-63H,3-10H2,1-2H3,(H,42,51)(H,43,52)(H,44,53)(H,64,65)/p-1/t14-,15+,16-,17-,18-,19-,20-,21-,22-,23-,24+,25+,26-,27-,28-,29-,30-,31-,32+,33-,34-,35+,36+,37-,38+,39-,41+/m1/s1. The molecule has 34 nitrogen and oxygen atoms in total. The molecular weight excluding hydrogens is 1030 g/mol. The molecule has 5 saturated heterocycles. The van der Waals surface area contributed by atoms with Gasteiger partial charge in [-0.15, -0.1) is 0 Å². The molecule has 0 aromatic carbocycles. The molecule has 0 aromatic heterocycles. The van der Waals surface area contributed by atoms with Gasteiger partial charge in [-0.2, -0.15) is 0 Å². The Balaban J connectivity index is 1.38. The second kappa shape index (κ2) is 27.6. The molecule has 5 fully saturated rings. The number of carboxylic acids is 1. The summed E-state index contributed by atoms with van der Waals surface area (Å²) in [6, 6.07) is -4.66. The Morgan fingerprint density at radius 1 is 0.613 bits per heavy atom. The van der Waals surface area contributed by atoms with Crippen molar-refractivity contribution < 1.29 is 153 Å². The molecule has 75 heavy (non-hydrogen) atoms. The first-order chi connectivity index (χ1) is 35.5. The van der Waals surface area contributed by atoms with Crippen LogP contribution in [0.4, 0.5) is 0 Å². The summed E-state index contributed by atoms with van der Waals surface area (Å²) in [6.07, 6.45) is -47.4. The first-order valence-corrected chi connectivity index (χ1v) is 23.4. The highest BCUT2D eigenvalue weighted by molar-refractivity contribution is 5.75. The number of hydrogen-bond donors (Lipinski definition) is 19. The van der Waals surface area contributed by atoms with Gasteiger partial charge in [0.05, 0.1) is 64.4 Å². The van der Waals surface area contributed by atoms with Gasteiger partial charge in [0.15, 0.2) is 25.2 Å². The molecule has 0 saturated carbocycles. The van der Waals surface area contributed by atoms with Crippen LogP contribution in [0.15, 0.2) is 0 Å². The lowest BCUT2D eigenvalue weighted by Gasteiger charge is -2.53. The third-order valence-electron chi connectivity index (χ3n) is 13.0. The van der Waals surface area contributed by atoms with Crippen LogP contribution in [0.3, 0.4) is 0 Å². The Kier molecular flexibility index (Phi) is 23.1. The zero-order chi connectivity index (χ0) is 55.8. The van der Waals surface area contributed by atoms with Crippen LogP contribution in [0.5, 0.6) is 0 Å². The maximum atomic E-state index is 13.0. The molecule has 0 aromatic rings. The summed E-state index contributed by atoms with van der Waals surface area (Å²) in [5, 5.41) is 191. The summed E-state index contributed by atoms with van der Waals surface area (Å²) in [7, 11) is 0. The van der Waals surface area contributed by atoms with Gasteiger partial charge in [-0.05, 0) is 0 Å². The Bertz CT molecular complexity index is 1830. The summed E-state index contributed by atoms with van der Waals surface area (Å²) in [5.74, 6) is -7.44. The van der Waals surface area contributed by atoms with Gasteiger partial charge in [0.25, 0.3) is 0 Å². The quantitative estimate of drug-likeness (QED) is 0.0399. The van der Waals surface area contributed by atoms with Crippen LogP contribution in [0.2, 0.25) is 0 Å². The molecule has 0 spiro atoms. The van der Waals surface area contributed by atoms with E-state index >= 15 is 0 Å². The Morgan fingerprint density at radius 2 is 1.08 bits per heavy atom. The summed E-state index contributed by atoms with van der Waals surface area (Å²) < 4.78 is 56.7. The van der Waals surface area contributed by atoms with E-state index in [1.807, 2.05) is 0 Å². The van der Waals surface area contributed by atoms with Crippen molar-refractivity contribution in [3.05, 3.63) is 0 Å². The SMILES string of the molecule is CC(=O)N[C@H]1[C@H](O[C@H]2[C@@H](O)[C@@H](CO)O[C@H](O[C@@H]3[C@H](O)[C@@H](O)[C@H](O[C@H]4[C@H](O)[C@@H](O)[C@H](OC[C@@H](CO)NC=O)O[C@@H]4CO)O[C@@H]3CO)[C@@H]2O)O[C@H](CO)[C@H](O)[C@@H]1O[C@]1(C(=O)[O-])C[C@H](O)[C@@H](NC(C)=O)[C@H]([C@H](O)[C@H](O)CO)O1. The molecule has 5 rings (SSSR count). The molecule has 0 unspecified atom stereocenters. The van der Waals surface area contributed by atoms with E-state index in [0.717, 1.165) is 13.8 Å². The average Bonchev–Trinajstić information content (AvgIpc) is 3.37. The number of amides is 3. The first-order valence-electron chi connectivity index (χ1n) is 23.4. The fourth-order valence-electron chi connectivity index (χ4n) is 9.11. The topological polar surface area (TPSA) is 543 Å². The van der Waals surface area contributed by atoms with Gasteiger partial charge < -0.3 is 155 Å². The number of aliphatic carboxylic acids is 1. The third-order valence-corrected chi connectivity index (χ3v) is 13.0. The number of rotatable bonds is 24. The van der Waals surface area contributed by atoms with E-state index in [1.165, 1.54) is 0 Å². The molecule has 27 atom stereocenters. The van der Waals surface area contributed by atoms with Crippen LogP contribution < -0.4 is 21.1 Å². The molecule has 3 amide bonds. The van der Waals surface area contributed by atoms with Crippen LogP contribution >= 0.6 is 0 Å². The van der Waals surface area contributed by atoms with Gasteiger partial charge in [-0.1, -0.05) is 0 Å². The maximum absolute atomic E-state index is 13.0. The zero-order valence-corrected chi connectivity index (χ0v) is 40.0. The number of aliphatic hydroxyl groups is 16. The van der Waals surface area contributed by atoms with Crippen molar-refractivity contribution in [2.24, 2.45) is 0 Å². The van der Waals surface area contributed by atoms with E-state index in [2.05, 4.69) is 16.0 Å². The van der Waals surface area contributed by atoms with Gasteiger partial charge in [0.1, 0.15) is 122 Å². The summed E-state index contributed by atoms with van der Waals surface area (Å²) in [4.78, 5) is 48.6. The van der Waals surface area contributed by atoms with Crippen LogP contribution in [-0.2, 0) is 66.5 Å². The second-order valence-electron chi connectivity index (χ2n) is 18.3. The number of carboxylic acid groups (broad SMARTS) is 1. The first kappa shape index (κ1) is 62.7. The van der Waals surface area contributed by atoms with Crippen molar-refractivity contribution in [3.8, 4) is 0 Å². The molecule has 5 aliphatic rings. The van der Waals surface area contributed by atoms with Crippen molar-refractivity contribution in [2.75, 3.05) is 46.2 Å². The van der Waals surface area contributed by atoms with Gasteiger partial charge in [-0.3, -0.25) is 14.4 Å². The lowest BCUT2D eigenvalue weighted by atomic mass is 9.88. The molecule has 5 aliphatic heterocycles. The van der Waals surface area contributed by atoms with Gasteiger partial charge in [0, 0.05) is 20.3 Å².